The summed E-state index contributed by atoms with van der Waals surface area (Å²) >= 11 is 8.04. The topological polar surface area (TPSA) is 42.0 Å². The highest BCUT2D eigenvalue weighted by molar-refractivity contribution is 9.11. The monoisotopic (exact) mass is 360 g/mol. The van der Waals surface area contributed by atoms with Gasteiger partial charge in [0.05, 0.1) is 10.2 Å². The van der Waals surface area contributed by atoms with E-state index in [0.717, 1.165) is 8.95 Å². The highest BCUT2D eigenvalue weighted by atomic mass is 79.9. The summed E-state index contributed by atoms with van der Waals surface area (Å²) in [7, 11) is 0. The van der Waals surface area contributed by atoms with E-state index in [9.17, 15) is 4.79 Å². The van der Waals surface area contributed by atoms with Gasteiger partial charge in [-0.15, -0.1) is 11.3 Å². The number of halogens is 2. The normalized spacial score (nSPS) is 10.1. The molecule has 0 atom stereocenters. The van der Waals surface area contributed by atoms with Gasteiger partial charge in [0.15, 0.2) is 0 Å². The number of rotatable bonds is 2. The summed E-state index contributed by atoms with van der Waals surface area (Å²) in [6, 6.07) is 3.59. The van der Waals surface area contributed by atoms with Gasteiger partial charge in [0, 0.05) is 16.9 Å². The zero-order valence-corrected chi connectivity index (χ0v) is 11.9. The van der Waals surface area contributed by atoms with Crippen molar-refractivity contribution >= 4 is 54.8 Å². The van der Waals surface area contributed by atoms with Crippen molar-refractivity contribution in [2.75, 3.05) is 5.32 Å². The Kier molecular flexibility index (Phi) is 3.73. The Morgan fingerprint density at radius 3 is 2.75 bits per heavy atom. The summed E-state index contributed by atoms with van der Waals surface area (Å²) in [4.78, 5) is 16.5. The molecule has 3 nitrogen and oxygen atoms in total. The molecule has 0 aliphatic carbocycles. The van der Waals surface area contributed by atoms with Crippen molar-refractivity contribution < 1.29 is 4.79 Å². The van der Waals surface area contributed by atoms with Crippen LogP contribution in [-0.4, -0.2) is 10.9 Å². The Morgan fingerprint density at radius 2 is 2.12 bits per heavy atom. The molecular formula is C10H6Br2N2OS. The van der Waals surface area contributed by atoms with Crippen LogP contribution in [0.2, 0.25) is 0 Å². The number of pyridine rings is 1. The molecule has 2 aromatic rings. The van der Waals surface area contributed by atoms with Crippen molar-refractivity contribution in [1.29, 1.82) is 0 Å². The Morgan fingerprint density at radius 1 is 1.31 bits per heavy atom. The van der Waals surface area contributed by atoms with E-state index in [0.29, 0.717) is 10.6 Å². The van der Waals surface area contributed by atoms with Gasteiger partial charge in [0.25, 0.3) is 5.91 Å². The van der Waals surface area contributed by atoms with Crippen LogP contribution in [0.5, 0.6) is 0 Å². The van der Waals surface area contributed by atoms with Gasteiger partial charge in [-0.2, -0.15) is 0 Å². The van der Waals surface area contributed by atoms with Crippen LogP contribution in [0.4, 0.5) is 5.69 Å². The summed E-state index contributed by atoms with van der Waals surface area (Å²) in [6.07, 6.45) is 3.27. The SMILES string of the molecule is O=C(Nc1ccncc1Br)c1sccc1Br. The van der Waals surface area contributed by atoms with Gasteiger partial charge in [-0.1, -0.05) is 0 Å². The van der Waals surface area contributed by atoms with Crippen molar-refractivity contribution in [3.8, 4) is 0 Å². The van der Waals surface area contributed by atoms with E-state index in [1.807, 2.05) is 11.4 Å². The third kappa shape index (κ3) is 2.50. The Balaban J connectivity index is 2.21. The van der Waals surface area contributed by atoms with Gasteiger partial charge in [-0.25, -0.2) is 0 Å². The first-order valence-electron chi connectivity index (χ1n) is 4.32. The van der Waals surface area contributed by atoms with Gasteiger partial charge < -0.3 is 5.32 Å². The van der Waals surface area contributed by atoms with Gasteiger partial charge >= 0.3 is 0 Å². The number of aromatic nitrogens is 1. The molecule has 2 aromatic heterocycles. The predicted octanol–water partition coefficient (Wildman–Crippen LogP) is 3.92. The lowest BCUT2D eigenvalue weighted by atomic mass is 10.4. The van der Waals surface area contributed by atoms with Crippen molar-refractivity contribution in [2.45, 2.75) is 0 Å². The molecule has 0 unspecified atom stereocenters. The van der Waals surface area contributed by atoms with Crippen LogP contribution in [0, 0.1) is 0 Å². The van der Waals surface area contributed by atoms with E-state index in [-0.39, 0.29) is 5.91 Å². The van der Waals surface area contributed by atoms with Crippen molar-refractivity contribution in [3.05, 3.63) is 43.7 Å². The molecule has 1 amide bonds. The number of carbonyl (C=O) groups excluding carboxylic acids is 1. The van der Waals surface area contributed by atoms with Gasteiger partial charge in [-0.05, 0) is 49.4 Å². The first kappa shape index (κ1) is 11.8. The van der Waals surface area contributed by atoms with E-state index in [4.69, 9.17) is 0 Å². The third-order valence-corrected chi connectivity index (χ3v) is 4.31. The molecule has 2 rings (SSSR count). The standard InChI is InChI=1S/C10H6Br2N2OS/c11-6-2-4-16-9(6)10(15)14-8-1-3-13-5-7(8)12/h1-5H,(H,13,14,15). The Labute approximate surface area is 113 Å². The zero-order valence-electron chi connectivity index (χ0n) is 7.91. The minimum atomic E-state index is -0.131. The highest BCUT2D eigenvalue weighted by Crippen LogP contribution is 2.25. The summed E-state index contributed by atoms with van der Waals surface area (Å²) in [6.45, 7) is 0. The van der Waals surface area contributed by atoms with E-state index < -0.39 is 0 Å². The molecule has 6 heteroatoms. The number of hydrogen-bond acceptors (Lipinski definition) is 3. The number of hydrogen-bond donors (Lipinski definition) is 1. The molecule has 0 bridgehead atoms. The smallest absolute Gasteiger partial charge is 0.266 e. The van der Waals surface area contributed by atoms with Crippen LogP contribution in [0.15, 0.2) is 38.9 Å². The molecule has 82 valence electrons. The van der Waals surface area contributed by atoms with E-state index >= 15 is 0 Å². The minimum absolute atomic E-state index is 0.131. The maximum Gasteiger partial charge on any atom is 0.266 e. The van der Waals surface area contributed by atoms with Crippen LogP contribution in [0.3, 0.4) is 0 Å². The van der Waals surface area contributed by atoms with E-state index in [2.05, 4.69) is 42.2 Å². The summed E-state index contributed by atoms with van der Waals surface area (Å²) in [5, 5.41) is 4.67. The largest absolute Gasteiger partial charge is 0.320 e. The molecule has 0 radical (unpaired) electrons. The van der Waals surface area contributed by atoms with Crippen LogP contribution in [-0.2, 0) is 0 Å². The average molecular weight is 362 g/mol. The van der Waals surface area contributed by atoms with E-state index in [1.54, 1.807) is 18.5 Å². The van der Waals surface area contributed by atoms with Gasteiger partial charge in [0.2, 0.25) is 0 Å². The average Bonchev–Trinajstić information content (AvgIpc) is 2.68. The van der Waals surface area contributed by atoms with Crippen molar-refractivity contribution in [3.63, 3.8) is 0 Å². The molecule has 0 spiro atoms. The second-order valence-corrected chi connectivity index (χ2v) is 5.53. The lowest BCUT2D eigenvalue weighted by Crippen LogP contribution is -2.11. The third-order valence-electron chi connectivity index (χ3n) is 1.84. The molecule has 16 heavy (non-hydrogen) atoms. The first-order valence-corrected chi connectivity index (χ1v) is 6.79. The number of nitrogens with zero attached hydrogens (tertiary/aromatic N) is 1. The Bertz CT molecular complexity index is 527. The molecular weight excluding hydrogens is 356 g/mol. The fourth-order valence-corrected chi connectivity index (χ4v) is 2.91. The maximum absolute atomic E-state index is 11.9. The molecule has 0 aliphatic heterocycles. The molecule has 0 aromatic carbocycles. The molecule has 0 saturated carbocycles. The lowest BCUT2D eigenvalue weighted by molar-refractivity contribution is 0.103. The fraction of sp³-hybridized carbons (Fsp3) is 0. The lowest BCUT2D eigenvalue weighted by Gasteiger charge is -2.05. The quantitative estimate of drug-likeness (QED) is 0.880. The summed E-state index contributed by atoms with van der Waals surface area (Å²) < 4.78 is 1.57. The highest BCUT2D eigenvalue weighted by Gasteiger charge is 2.12. The van der Waals surface area contributed by atoms with Crippen molar-refractivity contribution in [1.82, 2.24) is 4.98 Å². The maximum atomic E-state index is 11.9. The molecule has 1 N–H and O–H groups in total. The summed E-state index contributed by atoms with van der Waals surface area (Å²) in [5.41, 5.74) is 0.709. The fourth-order valence-electron chi connectivity index (χ4n) is 1.11. The van der Waals surface area contributed by atoms with Crippen LogP contribution < -0.4 is 5.32 Å². The number of nitrogens with one attached hydrogen (secondary N) is 1. The number of anilines is 1. The first-order chi connectivity index (χ1) is 7.68. The predicted molar refractivity (Wildman–Crippen MR) is 71.9 cm³/mol. The van der Waals surface area contributed by atoms with Crippen LogP contribution in [0.1, 0.15) is 9.67 Å². The van der Waals surface area contributed by atoms with E-state index in [1.165, 1.54) is 11.3 Å². The molecule has 2 heterocycles. The molecule has 0 saturated heterocycles. The number of thiophene rings is 1. The second-order valence-electron chi connectivity index (χ2n) is 2.91. The summed E-state index contributed by atoms with van der Waals surface area (Å²) in [5.74, 6) is -0.131. The van der Waals surface area contributed by atoms with Gasteiger partial charge in [-0.3, -0.25) is 9.78 Å². The second kappa shape index (κ2) is 5.07. The minimum Gasteiger partial charge on any atom is -0.320 e. The van der Waals surface area contributed by atoms with Crippen LogP contribution >= 0.6 is 43.2 Å². The Hall–Kier alpha value is -0.720. The van der Waals surface area contributed by atoms with Crippen LogP contribution in [0.25, 0.3) is 0 Å². The molecule has 0 fully saturated rings. The van der Waals surface area contributed by atoms with Gasteiger partial charge in [0.1, 0.15) is 4.88 Å². The van der Waals surface area contributed by atoms with Crippen molar-refractivity contribution in [2.24, 2.45) is 0 Å². The molecule has 0 aliphatic rings. The number of amides is 1. The number of carbonyl (C=O) groups is 1. The zero-order chi connectivity index (χ0) is 11.5.